The van der Waals surface area contributed by atoms with E-state index in [2.05, 4.69) is 10.4 Å². The van der Waals surface area contributed by atoms with E-state index in [0.717, 1.165) is 5.01 Å². The minimum absolute atomic E-state index is 0.0998. The first-order valence-corrected chi connectivity index (χ1v) is 10.4. The molecule has 0 aliphatic carbocycles. The summed E-state index contributed by atoms with van der Waals surface area (Å²) >= 11 is 14.2. The van der Waals surface area contributed by atoms with E-state index in [4.69, 9.17) is 33.2 Å². The molecule has 3 heterocycles. The highest BCUT2D eigenvalue weighted by Gasteiger charge is 2.29. The van der Waals surface area contributed by atoms with E-state index in [1.807, 2.05) is 10.8 Å². The first kappa shape index (κ1) is 21.3. The van der Waals surface area contributed by atoms with Crippen LogP contribution in [0, 0.1) is 11.3 Å². The molecule has 0 bridgehead atoms. The van der Waals surface area contributed by atoms with Crippen LogP contribution in [0.2, 0.25) is 10.0 Å². The lowest BCUT2D eigenvalue weighted by Crippen LogP contribution is -2.55. The van der Waals surface area contributed by atoms with Gasteiger partial charge in [-0.15, -0.1) is 0 Å². The van der Waals surface area contributed by atoms with Crippen LogP contribution in [0.5, 0.6) is 11.5 Å². The lowest BCUT2D eigenvalue weighted by Gasteiger charge is -2.32. The third-order valence-electron chi connectivity index (χ3n) is 4.26. The number of rotatable bonds is 4. The minimum atomic E-state index is -1.42. The highest BCUT2D eigenvalue weighted by molar-refractivity contribution is 7.08. The highest BCUT2D eigenvalue weighted by atomic mass is 35.5. The van der Waals surface area contributed by atoms with Gasteiger partial charge in [0.05, 0.1) is 27.6 Å². The first-order chi connectivity index (χ1) is 14.9. The summed E-state index contributed by atoms with van der Waals surface area (Å²) in [6.45, 7) is 0. The molecule has 0 fully saturated rings. The third-order valence-corrected chi connectivity index (χ3v) is 5.50. The summed E-state index contributed by atoms with van der Waals surface area (Å²) in [5.41, 5.74) is 0.491. The number of aliphatic hydroxyl groups is 2. The summed E-state index contributed by atoms with van der Waals surface area (Å²) in [4.78, 5) is 12.2. The number of nitriles is 1. The maximum absolute atomic E-state index is 12.2. The number of ether oxygens (including phenoxy) is 1. The Morgan fingerprint density at radius 2 is 1.94 bits per heavy atom. The lowest BCUT2D eigenvalue weighted by molar-refractivity contribution is 0.0631. The molecule has 0 radical (unpaired) electrons. The zero-order valence-electron chi connectivity index (χ0n) is 15.4. The van der Waals surface area contributed by atoms with Gasteiger partial charge in [-0.05, 0) is 29.6 Å². The van der Waals surface area contributed by atoms with Crippen molar-refractivity contribution in [1.82, 2.24) is 9.88 Å². The van der Waals surface area contributed by atoms with E-state index in [1.54, 1.807) is 12.1 Å². The Morgan fingerprint density at radius 3 is 2.58 bits per heavy atom. The van der Waals surface area contributed by atoms with Gasteiger partial charge >= 0.3 is 0 Å². The Bertz CT molecular complexity index is 1230. The Labute approximate surface area is 189 Å². The number of aromatic nitrogens is 1. The number of aliphatic hydroxyl groups excluding tert-OH is 2. The molecule has 1 aliphatic heterocycles. The summed E-state index contributed by atoms with van der Waals surface area (Å²) in [6, 6.07) is 9.25. The van der Waals surface area contributed by atoms with Gasteiger partial charge in [0.15, 0.2) is 17.7 Å². The molecule has 1 aliphatic rings. The standard InChI is InChI=1S/C19H13Cl2N5O4S/c20-13-5-11(26-19(29)23-18(28)15(7-22)24-26)6-14(21)17(13)30-12-1-2-16(27)25(8-12)10-3-4-31-9-10/h1-6,8-9,18-19,23,28-29H. The molecule has 158 valence electrons. The predicted octanol–water partition coefficient (Wildman–Crippen LogP) is 2.88. The fourth-order valence-corrected chi connectivity index (χ4v) is 4.00. The van der Waals surface area contributed by atoms with E-state index >= 15 is 0 Å². The van der Waals surface area contributed by atoms with Crippen molar-refractivity contribution in [3.05, 3.63) is 67.7 Å². The highest BCUT2D eigenvalue weighted by Crippen LogP contribution is 2.40. The molecule has 0 saturated carbocycles. The second-order valence-corrected chi connectivity index (χ2v) is 7.87. The van der Waals surface area contributed by atoms with Crippen LogP contribution in [0.4, 0.5) is 5.69 Å². The van der Waals surface area contributed by atoms with Gasteiger partial charge in [-0.2, -0.15) is 21.7 Å². The van der Waals surface area contributed by atoms with Crippen molar-refractivity contribution in [2.75, 3.05) is 5.01 Å². The van der Waals surface area contributed by atoms with Crippen molar-refractivity contribution < 1.29 is 14.9 Å². The Hall–Kier alpha value is -2.91. The quantitative estimate of drug-likeness (QED) is 0.527. The van der Waals surface area contributed by atoms with Crippen LogP contribution in [-0.4, -0.2) is 33.1 Å². The molecule has 3 aromatic rings. The number of hydrogen-bond acceptors (Lipinski definition) is 9. The fourth-order valence-electron chi connectivity index (χ4n) is 2.82. The monoisotopic (exact) mass is 477 g/mol. The van der Waals surface area contributed by atoms with E-state index < -0.39 is 12.6 Å². The number of hydrogen-bond donors (Lipinski definition) is 3. The SMILES string of the molecule is N#CC1=NN(c2cc(Cl)c(Oc3ccc(=O)n(-c4ccsc4)c3)c(Cl)c2)C(O)NC1O. The van der Waals surface area contributed by atoms with Gasteiger partial charge in [-0.1, -0.05) is 23.2 Å². The van der Waals surface area contributed by atoms with Crippen LogP contribution >= 0.6 is 34.5 Å². The van der Waals surface area contributed by atoms with Gasteiger partial charge < -0.3 is 14.9 Å². The molecule has 12 heteroatoms. The molecular formula is C19H13Cl2N5O4S. The summed E-state index contributed by atoms with van der Waals surface area (Å²) in [7, 11) is 0. The molecule has 1 aromatic carbocycles. The largest absolute Gasteiger partial charge is 0.453 e. The molecule has 0 spiro atoms. The van der Waals surface area contributed by atoms with Crippen LogP contribution in [0.15, 0.2) is 57.2 Å². The average Bonchev–Trinajstić information content (AvgIpc) is 3.26. The smallest absolute Gasteiger partial charge is 0.255 e. The average molecular weight is 478 g/mol. The maximum atomic E-state index is 12.2. The van der Waals surface area contributed by atoms with Gasteiger partial charge in [0.25, 0.3) is 5.56 Å². The summed E-state index contributed by atoms with van der Waals surface area (Å²) in [6.07, 6.45) is -1.29. The zero-order chi connectivity index (χ0) is 22.1. The fraction of sp³-hybridized carbons (Fsp3) is 0.105. The number of hydrazone groups is 1. The van der Waals surface area contributed by atoms with E-state index in [0.29, 0.717) is 11.4 Å². The van der Waals surface area contributed by atoms with Crippen LogP contribution < -0.4 is 20.6 Å². The second-order valence-electron chi connectivity index (χ2n) is 6.28. The molecule has 4 rings (SSSR count). The second kappa shape index (κ2) is 8.68. The molecule has 2 aromatic heterocycles. The van der Waals surface area contributed by atoms with E-state index in [9.17, 15) is 15.0 Å². The number of halogens is 2. The molecule has 0 saturated heterocycles. The predicted molar refractivity (Wildman–Crippen MR) is 117 cm³/mol. The van der Waals surface area contributed by atoms with Crippen LogP contribution in [0.25, 0.3) is 5.69 Å². The molecule has 2 atom stereocenters. The minimum Gasteiger partial charge on any atom is -0.453 e. The van der Waals surface area contributed by atoms with Gasteiger partial charge in [-0.25, -0.2) is 10.3 Å². The summed E-state index contributed by atoms with van der Waals surface area (Å²) in [5, 5.41) is 40.1. The Balaban J connectivity index is 1.66. The van der Waals surface area contributed by atoms with Gasteiger partial charge in [0.2, 0.25) is 6.35 Å². The number of pyridine rings is 1. The third kappa shape index (κ3) is 4.28. The number of thiophene rings is 1. The van der Waals surface area contributed by atoms with Crippen molar-refractivity contribution in [3.63, 3.8) is 0 Å². The van der Waals surface area contributed by atoms with Crippen molar-refractivity contribution >= 4 is 45.9 Å². The van der Waals surface area contributed by atoms with Crippen molar-refractivity contribution in [3.8, 4) is 23.3 Å². The van der Waals surface area contributed by atoms with Crippen LogP contribution in [0.1, 0.15) is 0 Å². The Kier molecular flexibility index (Phi) is 5.97. The van der Waals surface area contributed by atoms with Crippen LogP contribution in [0.3, 0.4) is 0 Å². The van der Waals surface area contributed by atoms with Gasteiger partial charge in [-0.3, -0.25) is 9.36 Å². The molecule has 2 unspecified atom stereocenters. The first-order valence-electron chi connectivity index (χ1n) is 8.69. The lowest BCUT2D eigenvalue weighted by atomic mass is 10.2. The number of nitrogens with zero attached hydrogens (tertiary/aromatic N) is 4. The normalized spacial score (nSPS) is 18.4. The van der Waals surface area contributed by atoms with E-state index in [1.165, 1.54) is 46.4 Å². The zero-order valence-corrected chi connectivity index (χ0v) is 17.8. The Morgan fingerprint density at radius 1 is 1.19 bits per heavy atom. The van der Waals surface area contributed by atoms with Crippen molar-refractivity contribution in [1.29, 1.82) is 5.26 Å². The summed E-state index contributed by atoms with van der Waals surface area (Å²) in [5.74, 6) is 0.460. The molecular weight excluding hydrogens is 465 g/mol. The van der Waals surface area contributed by atoms with Gasteiger partial charge in [0.1, 0.15) is 11.8 Å². The molecule has 9 nitrogen and oxygen atoms in total. The van der Waals surface area contributed by atoms with E-state index in [-0.39, 0.29) is 32.8 Å². The topological polar surface area (TPSA) is 123 Å². The molecule has 31 heavy (non-hydrogen) atoms. The molecule has 3 N–H and O–H groups in total. The van der Waals surface area contributed by atoms with Crippen molar-refractivity contribution in [2.24, 2.45) is 5.10 Å². The summed E-state index contributed by atoms with van der Waals surface area (Å²) < 4.78 is 7.25. The number of nitrogens with one attached hydrogen (secondary N) is 1. The molecule has 0 amide bonds. The van der Waals surface area contributed by atoms with Crippen LogP contribution in [-0.2, 0) is 0 Å². The van der Waals surface area contributed by atoms with Gasteiger partial charge in [0, 0.05) is 11.4 Å². The maximum Gasteiger partial charge on any atom is 0.255 e. The number of anilines is 1. The number of benzene rings is 1. The van der Waals surface area contributed by atoms with Crippen molar-refractivity contribution in [2.45, 2.75) is 12.6 Å².